The van der Waals surface area contributed by atoms with E-state index >= 15 is 0 Å². The molecule has 0 unspecified atom stereocenters. The van der Waals surface area contributed by atoms with E-state index in [2.05, 4.69) is 34.7 Å². The maximum absolute atomic E-state index is 3.43. The number of rotatable bonds is 5. The number of halogens is 2. The number of thiophene rings is 1. The molecule has 5 heteroatoms. The van der Waals surface area contributed by atoms with Crippen molar-refractivity contribution in [2.75, 3.05) is 26.2 Å². The SMILES string of the molecule is CCCC[C@H](c1cccs1)N1CCNCC1.Cl.Cl. The zero-order chi connectivity index (χ0) is 11.2. The van der Waals surface area contributed by atoms with Gasteiger partial charge in [-0.05, 0) is 17.9 Å². The van der Waals surface area contributed by atoms with Gasteiger partial charge in [-0.3, -0.25) is 4.90 Å². The van der Waals surface area contributed by atoms with Crippen LogP contribution >= 0.6 is 36.2 Å². The smallest absolute Gasteiger partial charge is 0.0442 e. The molecule has 0 saturated carbocycles. The Hall–Kier alpha value is 0.200. The van der Waals surface area contributed by atoms with Crippen molar-refractivity contribution in [3.63, 3.8) is 0 Å². The Bertz CT molecular complexity index is 287. The summed E-state index contributed by atoms with van der Waals surface area (Å²) in [5.41, 5.74) is 0. The molecule has 2 rings (SSSR count). The van der Waals surface area contributed by atoms with Gasteiger partial charge in [0.05, 0.1) is 0 Å². The highest BCUT2D eigenvalue weighted by Gasteiger charge is 2.21. The molecule has 18 heavy (non-hydrogen) atoms. The van der Waals surface area contributed by atoms with Crippen LogP contribution in [-0.4, -0.2) is 31.1 Å². The third kappa shape index (κ3) is 5.06. The Balaban J connectivity index is 0.00000144. The van der Waals surface area contributed by atoms with Gasteiger partial charge in [0.25, 0.3) is 0 Å². The van der Waals surface area contributed by atoms with Crippen LogP contribution in [0.2, 0.25) is 0 Å². The van der Waals surface area contributed by atoms with Gasteiger partial charge in [-0.25, -0.2) is 0 Å². The minimum atomic E-state index is 0. The van der Waals surface area contributed by atoms with Gasteiger partial charge < -0.3 is 5.32 Å². The van der Waals surface area contributed by atoms with E-state index < -0.39 is 0 Å². The van der Waals surface area contributed by atoms with Crippen molar-refractivity contribution in [2.45, 2.75) is 32.2 Å². The third-order valence-corrected chi connectivity index (χ3v) is 4.27. The van der Waals surface area contributed by atoms with Crippen molar-refractivity contribution in [3.8, 4) is 0 Å². The maximum atomic E-state index is 3.43. The van der Waals surface area contributed by atoms with E-state index in [1.807, 2.05) is 11.3 Å². The number of hydrogen-bond donors (Lipinski definition) is 1. The lowest BCUT2D eigenvalue weighted by molar-refractivity contribution is 0.165. The van der Waals surface area contributed by atoms with Crippen LogP contribution in [0, 0.1) is 0 Å². The van der Waals surface area contributed by atoms with Crippen molar-refractivity contribution in [1.29, 1.82) is 0 Å². The fourth-order valence-electron chi connectivity index (χ4n) is 2.38. The van der Waals surface area contributed by atoms with Gasteiger partial charge in [0.2, 0.25) is 0 Å². The molecule has 0 amide bonds. The Labute approximate surface area is 127 Å². The lowest BCUT2D eigenvalue weighted by Crippen LogP contribution is -2.45. The molecule has 1 aliphatic rings. The molecule has 106 valence electrons. The molecular formula is C13H24Cl2N2S. The molecule has 1 atom stereocenters. The highest BCUT2D eigenvalue weighted by Crippen LogP contribution is 2.29. The predicted octanol–water partition coefficient (Wildman–Crippen LogP) is 3.73. The van der Waals surface area contributed by atoms with Gasteiger partial charge in [0.15, 0.2) is 0 Å². The highest BCUT2D eigenvalue weighted by molar-refractivity contribution is 7.10. The lowest BCUT2D eigenvalue weighted by Gasteiger charge is -2.34. The van der Waals surface area contributed by atoms with E-state index in [9.17, 15) is 0 Å². The Morgan fingerprint density at radius 2 is 2.06 bits per heavy atom. The van der Waals surface area contributed by atoms with Crippen molar-refractivity contribution in [3.05, 3.63) is 22.4 Å². The summed E-state index contributed by atoms with van der Waals surface area (Å²) in [7, 11) is 0. The van der Waals surface area contributed by atoms with Gasteiger partial charge in [0.1, 0.15) is 0 Å². The monoisotopic (exact) mass is 310 g/mol. The topological polar surface area (TPSA) is 15.3 Å². The first-order valence-electron chi connectivity index (χ1n) is 6.40. The minimum Gasteiger partial charge on any atom is -0.314 e. The first kappa shape index (κ1) is 18.2. The molecule has 1 aliphatic heterocycles. The summed E-state index contributed by atoms with van der Waals surface area (Å²) in [5.74, 6) is 0. The number of nitrogens with one attached hydrogen (secondary N) is 1. The fourth-order valence-corrected chi connectivity index (χ4v) is 3.27. The van der Waals surface area contributed by atoms with Gasteiger partial charge >= 0.3 is 0 Å². The average Bonchev–Trinajstić information content (AvgIpc) is 2.85. The van der Waals surface area contributed by atoms with Gasteiger partial charge in [-0.1, -0.05) is 25.8 Å². The Morgan fingerprint density at radius 3 is 2.61 bits per heavy atom. The Kier molecular flexibility index (Phi) is 10.2. The van der Waals surface area contributed by atoms with E-state index in [0.29, 0.717) is 6.04 Å². The zero-order valence-corrected chi connectivity index (χ0v) is 13.4. The highest BCUT2D eigenvalue weighted by atomic mass is 35.5. The number of unbranched alkanes of at least 4 members (excludes halogenated alkanes) is 1. The molecule has 2 heterocycles. The molecule has 0 radical (unpaired) electrons. The van der Waals surface area contributed by atoms with Crippen molar-refractivity contribution >= 4 is 36.2 Å². The minimum absolute atomic E-state index is 0. The summed E-state index contributed by atoms with van der Waals surface area (Å²) in [6, 6.07) is 5.15. The molecule has 0 bridgehead atoms. The quantitative estimate of drug-likeness (QED) is 0.891. The van der Waals surface area contributed by atoms with Crippen molar-refractivity contribution in [1.82, 2.24) is 10.2 Å². The maximum Gasteiger partial charge on any atom is 0.0442 e. The second-order valence-electron chi connectivity index (χ2n) is 4.46. The lowest BCUT2D eigenvalue weighted by atomic mass is 10.1. The zero-order valence-electron chi connectivity index (χ0n) is 10.9. The van der Waals surface area contributed by atoms with Crippen LogP contribution in [0.4, 0.5) is 0 Å². The third-order valence-electron chi connectivity index (χ3n) is 3.30. The van der Waals surface area contributed by atoms with Crippen LogP contribution in [0.5, 0.6) is 0 Å². The van der Waals surface area contributed by atoms with Crippen LogP contribution < -0.4 is 5.32 Å². The molecular weight excluding hydrogens is 287 g/mol. The number of piperazine rings is 1. The van der Waals surface area contributed by atoms with E-state index in [4.69, 9.17) is 0 Å². The molecule has 0 aromatic carbocycles. The molecule has 1 aromatic rings. The van der Waals surface area contributed by atoms with Crippen LogP contribution in [0.25, 0.3) is 0 Å². The first-order chi connectivity index (χ1) is 7.92. The van der Waals surface area contributed by atoms with Gasteiger partial charge in [-0.2, -0.15) is 0 Å². The number of nitrogens with zero attached hydrogens (tertiary/aromatic N) is 1. The molecule has 0 spiro atoms. The van der Waals surface area contributed by atoms with Crippen LogP contribution in [0.3, 0.4) is 0 Å². The van der Waals surface area contributed by atoms with Gasteiger partial charge in [0, 0.05) is 37.1 Å². The molecule has 1 aromatic heterocycles. The molecule has 1 fully saturated rings. The largest absolute Gasteiger partial charge is 0.314 e. The number of hydrogen-bond acceptors (Lipinski definition) is 3. The summed E-state index contributed by atoms with van der Waals surface area (Å²) in [6.07, 6.45) is 3.96. The Morgan fingerprint density at radius 1 is 1.33 bits per heavy atom. The second-order valence-corrected chi connectivity index (χ2v) is 5.44. The molecule has 0 aliphatic carbocycles. The summed E-state index contributed by atoms with van der Waals surface area (Å²) in [6.45, 7) is 6.98. The van der Waals surface area contributed by atoms with Crippen molar-refractivity contribution < 1.29 is 0 Å². The summed E-state index contributed by atoms with van der Waals surface area (Å²) in [5, 5.41) is 5.64. The van der Waals surface area contributed by atoms with E-state index in [1.165, 1.54) is 32.4 Å². The normalized spacial score (nSPS) is 17.6. The van der Waals surface area contributed by atoms with Gasteiger partial charge in [-0.15, -0.1) is 36.2 Å². The summed E-state index contributed by atoms with van der Waals surface area (Å²) < 4.78 is 0. The molecule has 1 N–H and O–H groups in total. The summed E-state index contributed by atoms with van der Waals surface area (Å²) >= 11 is 1.91. The first-order valence-corrected chi connectivity index (χ1v) is 7.28. The second kappa shape index (κ2) is 10.0. The van der Waals surface area contributed by atoms with Crippen LogP contribution in [0.1, 0.15) is 37.1 Å². The predicted molar refractivity (Wildman–Crippen MR) is 85.5 cm³/mol. The van der Waals surface area contributed by atoms with Crippen LogP contribution in [0.15, 0.2) is 17.5 Å². The summed E-state index contributed by atoms with van der Waals surface area (Å²) in [4.78, 5) is 4.20. The average molecular weight is 311 g/mol. The van der Waals surface area contributed by atoms with E-state index in [0.717, 1.165) is 13.1 Å². The standard InChI is InChI=1S/C13H22N2S.2ClH/c1-2-3-5-12(13-6-4-11-16-13)15-9-7-14-8-10-15;;/h4,6,11-12,14H,2-3,5,7-10H2,1H3;2*1H/t12-;;/m1../s1. The van der Waals surface area contributed by atoms with E-state index in [-0.39, 0.29) is 24.8 Å². The van der Waals surface area contributed by atoms with Crippen LogP contribution in [-0.2, 0) is 0 Å². The van der Waals surface area contributed by atoms with E-state index in [1.54, 1.807) is 4.88 Å². The molecule has 2 nitrogen and oxygen atoms in total. The molecule has 1 saturated heterocycles. The fraction of sp³-hybridized carbons (Fsp3) is 0.692. The van der Waals surface area contributed by atoms with Crippen molar-refractivity contribution in [2.24, 2.45) is 0 Å².